The quantitative estimate of drug-likeness (QED) is 0.415. The Labute approximate surface area is 138 Å². The summed E-state index contributed by atoms with van der Waals surface area (Å²) in [5.41, 5.74) is -0.00623. The van der Waals surface area contributed by atoms with Crippen molar-refractivity contribution in [3.8, 4) is 0 Å². The minimum absolute atomic E-state index is 0.309. The molecule has 0 amide bonds. The van der Waals surface area contributed by atoms with Crippen LogP contribution in [0.1, 0.15) is 13.0 Å². The zero-order valence-electron chi connectivity index (χ0n) is 13.3. The van der Waals surface area contributed by atoms with Crippen molar-refractivity contribution in [2.24, 2.45) is 7.05 Å². The molecule has 126 valence electrons. The van der Waals surface area contributed by atoms with E-state index in [0.717, 1.165) is 4.68 Å². The number of nitrogens with zero attached hydrogens (tertiary/aromatic N) is 10. The molecule has 0 saturated heterocycles. The highest BCUT2D eigenvalue weighted by molar-refractivity contribution is 5.93. The molecule has 0 fully saturated rings. The third-order valence-electron chi connectivity index (χ3n) is 3.85. The van der Waals surface area contributed by atoms with Crippen LogP contribution in [0.4, 0.5) is 0 Å². The third kappa shape index (κ3) is 2.43. The molecule has 4 aromatic rings. The monoisotopic (exact) mass is 340 g/mol. The lowest BCUT2D eigenvalue weighted by atomic mass is 10.2. The SMILES string of the molecule is C[C@H](Cn1ncnn1)n1nnc2cc3c(=O)n(C)nnc3cc2c1=O. The average molecular weight is 340 g/mol. The molecule has 3 aromatic heterocycles. The number of hydrogen-bond acceptors (Lipinski definition) is 9. The molecule has 3 heterocycles. The van der Waals surface area contributed by atoms with E-state index in [4.69, 9.17) is 0 Å². The summed E-state index contributed by atoms with van der Waals surface area (Å²) in [6.45, 7) is 2.11. The molecule has 25 heavy (non-hydrogen) atoms. The van der Waals surface area contributed by atoms with Crippen molar-refractivity contribution in [3.05, 3.63) is 39.2 Å². The van der Waals surface area contributed by atoms with Crippen molar-refractivity contribution in [2.45, 2.75) is 19.5 Å². The molecule has 0 unspecified atom stereocenters. The Hall–Kier alpha value is -3.57. The lowest BCUT2D eigenvalue weighted by molar-refractivity contribution is 0.354. The van der Waals surface area contributed by atoms with Crippen LogP contribution in [-0.2, 0) is 13.6 Å². The first-order valence-corrected chi connectivity index (χ1v) is 7.38. The Morgan fingerprint density at radius 3 is 2.36 bits per heavy atom. The summed E-state index contributed by atoms with van der Waals surface area (Å²) < 4.78 is 2.36. The predicted molar refractivity (Wildman–Crippen MR) is 84.7 cm³/mol. The number of tetrazole rings is 1. The van der Waals surface area contributed by atoms with E-state index in [2.05, 4.69) is 36.0 Å². The maximum Gasteiger partial charge on any atom is 0.277 e. The summed E-state index contributed by atoms with van der Waals surface area (Å²) in [6, 6.07) is 2.67. The van der Waals surface area contributed by atoms with Gasteiger partial charge in [-0.1, -0.05) is 10.4 Å². The lowest BCUT2D eigenvalue weighted by Gasteiger charge is -2.12. The number of aryl methyl sites for hydroxylation is 1. The van der Waals surface area contributed by atoms with E-state index in [9.17, 15) is 9.59 Å². The Bertz CT molecular complexity index is 1190. The third-order valence-corrected chi connectivity index (χ3v) is 3.85. The van der Waals surface area contributed by atoms with Crippen LogP contribution in [0.25, 0.3) is 21.8 Å². The molecule has 12 nitrogen and oxygen atoms in total. The smallest absolute Gasteiger partial charge is 0.267 e. The summed E-state index contributed by atoms with van der Waals surface area (Å²) in [6.07, 6.45) is 1.31. The van der Waals surface area contributed by atoms with Gasteiger partial charge in [-0.15, -0.1) is 20.4 Å². The van der Waals surface area contributed by atoms with E-state index in [0.29, 0.717) is 28.4 Å². The minimum atomic E-state index is -0.345. The normalized spacial score (nSPS) is 12.7. The Morgan fingerprint density at radius 2 is 1.68 bits per heavy atom. The van der Waals surface area contributed by atoms with Gasteiger partial charge in [0.05, 0.1) is 23.4 Å². The van der Waals surface area contributed by atoms with Crippen LogP contribution in [-0.4, -0.2) is 50.2 Å². The van der Waals surface area contributed by atoms with Crippen LogP contribution in [0, 0.1) is 0 Å². The van der Waals surface area contributed by atoms with Crippen LogP contribution < -0.4 is 11.1 Å². The van der Waals surface area contributed by atoms with Crippen molar-refractivity contribution < 1.29 is 0 Å². The molecule has 0 spiro atoms. The Kier molecular flexibility index (Phi) is 3.30. The molecule has 0 aliphatic carbocycles. The van der Waals surface area contributed by atoms with Gasteiger partial charge in [0, 0.05) is 7.05 Å². The molecular weight excluding hydrogens is 328 g/mol. The predicted octanol–water partition coefficient (Wildman–Crippen LogP) is -1.32. The van der Waals surface area contributed by atoms with E-state index in [-0.39, 0.29) is 17.2 Å². The highest BCUT2D eigenvalue weighted by Gasteiger charge is 2.15. The zero-order valence-corrected chi connectivity index (χ0v) is 13.3. The van der Waals surface area contributed by atoms with E-state index < -0.39 is 0 Å². The van der Waals surface area contributed by atoms with Gasteiger partial charge in [-0.2, -0.15) is 4.80 Å². The van der Waals surface area contributed by atoms with E-state index in [1.807, 2.05) is 0 Å². The molecular formula is C13H12N10O2. The van der Waals surface area contributed by atoms with Gasteiger partial charge in [0.25, 0.3) is 11.1 Å². The van der Waals surface area contributed by atoms with Gasteiger partial charge < -0.3 is 0 Å². The van der Waals surface area contributed by atoms with Gasteiger partial charge in [0.2, 0.25) is 0 Å². The van der Waals surface area contributed by atoms with Crippen molar-refractivity contribution in [2.75, 3.05) is 0 Å². The lowest BCUT2D eigenvalue weighted by Crippen LogP contribution is -2.30. The van der Waals surface area contributed by atoms with Crippen LogP contribution in [0.2, 0.25) is 0 Å². The molecule has 1 aromatic carbocycles. The largest absolute Gasteiger partial charge is 0.277 e. The fourth-order valence-corrected chi connectivity index (χ4v) is 2.55. The summed E-state index contributed by atoms with van der Waals surface area (Å²) >= 11 is 0. The maximum atomic E-state index is 12.8. The molecule has 12 heteroatoms. The molecule has 1 atom stereocenters. The van der Waals surface area contributed by atoms with Crippen LogP contribution in [0.5, 0.6) is 0 Å². The van der Waals surface area contributed by atoms with Gasteiger partial charge >= 0.3 is 0 Å². The first-order chi connectivity index (χ1) is 12.0. The molecule has 0 aliphatic heterocycles. The number of rotatable bonds is 3. The molecule has 0 radical (unpaired) electrons. The molecule has 0 bridgehead atoms. The fourth-order valence-electron chi connectivity index (χ4n) is 2.55. The zero-order chi connectivity index (χ0) is 17.6. The molecule has 0 saturated carbocycles. The topological polar surface area (TPSA) is 139 Å². The van der Waals surface area contributed by atoms with Crippen molar-refractivity contribution in [3.63, 3.8) is 0 Å². The van der Waals surface area contributed by atoms with Crippen molar-refractivity contribution in [1.29, 1.82) is 0 Å². The summed E-state index contributed by atoms with van der Waals surface area (Å²) in [5, 5.41) is 27.7. The highest BCUT2D eigenvalue weighted by Crippen LogP contribution is 2.14. The first-order valence-electron chi connectivity index (χ1n) is 7.38. The second-order valence-electron chi connectivity index (χ2n) is 5.58. The van der Waals surface area contributed by atoms with Gasteiger partial charge in [-0.3, -0.25) is 9.59 Å². The second kappa shape index (κ2) is 5.51. The fraction of sp³-hybridized carbons (Fsp3) is 0.308. The number of benzene rings is 1. The van der Waals surface area contributed by atoms with Crippen molar-refractivity contribution in [1.82, 2.24) is 50.2 Å². The summed E-state index contributed by atoms with van der Waals surface area (Å²) in [5.74, 6) is 0. The van der Waals surface area contributed by atoms with Crippen LogP contribution in [0.3, 0.4) is 0 Å². The van der Waals surface area contributed by atoms with Gasteiger partial charge in [-0.25, -0.2) is 9.36 Å². The average Bonchev–Trinajstić information content (AvgIpc) is 3.11. The van der Waals surface area contributed by atoms with Crippen LogP contribution >= 0.6 is 0 Å². The van der Waals surface area contributed by atoms with Crippen molar-refractivity contribution >= 4 is 21.8 Å². The van der Waals surface area contributed by atoms with E-state index >= 15 is 0 Å². The van der Waals surface area contributed by atoms with Gasteiger partial charge in [0.1, 0.15) is 11.0 Å². The standard InChI is InChI=1S/C13H12N10O2/c1-7(5-22-15-6-14-18-22)23-13(25)9-4-10-8(3-11(9)17-20-23)12(24)21(2)19-16-10/h3-4,6-7H,5H2,1-2H3/t7-/m1/s1. The summed E-state index contributed by atoms with van der Waals surface area (Å²) in [7, 11) is 1.50. The van der Waals surface area contributed by atoms with Gasteiger partial charge in [-0.05, 0) is 24.3 Å². The summed E-state index contributed by atoms with van der Waals surface area (Å²) in [4.78, 5) is 26.2. The van der Waals surface area contributed by atoms with E-state index in [1.54, 1.807) is 6.92 Å². The maximum absolute atomic E-state index is 12.8. The number of hydrogen-bond donors (Lipinski definition) is 0. The molecule has 4 rings (SSSR count). The van der Waals surface area contributed by atoms with Gasteiger partial charge in [0.15, 0.2) is 6.33 Å². The van der Waals surface area contributed by atoms with E-state index in [1.165, 1.54) is 35.0 Å². The van der Waals surface area contributed by atoms with Crippen LogP contribution in [0.15, 0.2) is 28.0 Å². The first kappa shape index (κ1) is 15.0. The molecule has 0 aliphatic rings. The highest BCUT2D eigenvalue weighted by atomic mass is 16.1. The minimum Gasteiger partial charge on any atom is -0.267 e. The Balaban J connectivity index is 1.87. The second-order valence-corrected chi connectivity index (χ2v) is 5.58. The number of fused-ring (bicyclic) bond motifs is 2. The number of aromatic nitrogens is 10. The molecule has 0 N–H and O–H groups in total. The Morgan fingerprint density at radius 1 is 1.00 bits per heavy atom.